The van der Waals surface area contributed by atoms with Crippen molar-refractivity contribution in [3.63, 3.8) is 0 Å². The number of rotatable bonds is 4. The smallest absolute Gasteiger partial charge is 0.317 e. The number of carboxylic acids is 1. The first-order valence-corrected chi connectivity index (χ1v) is 6.67. The maximum Gasteiger partial charge on any atom is 0.317 e. The average Bonchev–Trinajstić information content (AvgIpc) is 2.28. The highest BCUT2D eigenvalue weighted by Crippen LogP contribution is 2.16. The molecule has 104 valence electrons. The van der Waals surface area contributed by atoms with Crippen LogP contribution in [0.25, 0.3) is 0 Å². The van der Waals surface area contributed by atoms with Crippen molar-refractivity contribution in [2.75, 3.05) is 13.1 Å². The van der Waals surface area contributed by atoms with Crippen molar-refractivity contribution in [2.45, 2.75) is 46.1 Å². The van der Waals surface area contributed by atoms with E-state index in [4.69, 9.17) is 5.11 Å². The lowest BCUT2D eigenvalue weighted by Crippen LogP contribution is -2.49. The summed E-state index contributed by atoms with van der Waals surface area (Å²) in [6.45, 7) is 7.57. The highest BCUT2D eigenvalue weighted by Gasteiger charge is 2.24. The summed E-state index contributed by atoms with van der Waals surface area (Å²) in [7, 11) is 0. The third-order valence-electron chi connectivity index (χ3n) is 3.58. The number of hydrogen-bond donors (Lipinski definition) is 2. The van der Waals surface area contributed by atoms with Gasteiger partial charge in [0.15, 0.2) is 0 Å². The fraction of sp³-hybridized carbons (Fsp3) is 0.846. The van der Waals surface area contributed by atoms with Crippen LogP contribution in [0.15, 0.2) is 0 Å². The third-order valence-corrected chi connectivity index (χ3v) is 3.58. The van der Waals surface area contributed by atoms with Crippen molar-refractivity contribution in [3.8, 4) is 0 Å². The van der Waals surface area contributed by atoms with E-state index in [-0.39, 0.29) is 24.4 Å². The monoisotopic (exact) mass is 256 g/mol. The van der Waals surface area contributed by atoms with Gasteiger partial charge in [0.1, 0.15) is 0 Å². The molecular weight excluding hydrogens is 232 g/mol. The van der Waals surface area contributed by atoms with Gasteiger partial charge in [-0.2, -0.15) is 0 Å². The zero-order chi connectivity index (χ0) is 13.7. The second-order valence-electron chi connectivity index (χ2n) is 5.57. The van der Waals surface area contributed by atoms with Crippen molar-refractivity contribution in [3.05, 3.63) is 0 Å². The van der Waals surface area contributed by atoms with Crippen LogP contribution in [-0.2, 0) is 4.79 Å². The van der Waals surface area contributed by atoms with Gasteiger partial charge in [-0.1, -0.05) is 20.8 Å². The molecule has 1 atom stereocenters. The van der Waals surface area contributed by atoms with Crippen molar-refractivity contribution in [1.82, 2.24) is 10.2 Å². The molecule has 1 saturated heterocycles. The van der Waals surface area contributed by atoms with Gasteiger partial charge in [-0.05, 0) is 24.7 Å². The van der Waals surface area contributed by atoms with Crippen molar-refractivity contribution < 1.29 is 14.7 Å². The van der Waals surface area contributed by atoms with Crippen LogP contribution in [0.1, 0.15) is 40.0 Å². The molecule has 0 aromatic rings. The Morgan fingerprint density at radius 2 is 1.89 bits per heavy atom. The molecular formula is C13H24N2O3. The summed E-state index contributed by atoms with van der Waals surface area (Å²) in [5.41, 5.74) is 0. The van der Waals surface area contributed by atoms with Gasteiger partial charge in [-0.15, -0.1) is 0 Å². The van der Waals surface area contributed by atoms with Gasteiger partial charge < -0.3 is 15.3 Å². The Kier molecular flexibility index (Phi) is 5.44. The lowest BCUT2D eigenvalue weighted by molar-refractivity contribution is -0.137. The molecule has 0 aliphatic carbocycles. The Hall–Kier alpha value is -1.26. The van der Waals surface area contributed by atoms with Crippen LogP contribution < -0.4 is 5.32 Å². The predicted octanol–water partition coefficient (Wildman–Crippen LogP) is 1.93. The Labute approximate surface area is 109 Å². The molecule has 1 aliphatic rings. The maximum atomic E-state index is 12.0. The minimum atomic E-state index is -0.874. The number of carbonyl (C=O) groups is 2. The Morgan fingerprint density at radius 3 is 2.33 bits per heavy atom. The van der Waals surface area contributed by atoms with E-state index in [0.29, 0.717) is 5.92 Å². The van der Waals surface area contributed by atoms with Crippen molar-refractivity contribution in [2.24, 2.45) is 11.8 Å². The highest BCUT2D eigenvalue weighted by molar-refractivity contribution is 5.76. The highest BCUT2D eigenvalue weighted by atomic mass is 16.4. The normalized spacial score (nSPS) is 18.8. The molecule has 0 aromatic carbocycles. The lowest BCUT2D eigenvalue weighted by atomic mass is 9.99. The summed E-state index contributed by atoms with van der Waals surface area (Å²) in [6.07, 6.45) is 2.03. The topological polar surface area (TPSA) is 69.6 Å². The molecule has 2 N–H and O–H groups in total. The molecule has 18 heavy (non-hydrogen) atoms. The zero-order valence-corrected chi connectivity index (χ0v) is 11.5. The summed E-state index contributed by atoms with van der Waals surface area (Å²) >= 11 is 0. The van der Waals surface area contributed by atoms with Gasteiger partial charge in [0.25, 0.3) is 0 Å². The lowest BCUT2D eigenvalue weighted by Gasteiger charge is -2.32. The number of nitrogens with one attached hydrogen (secondary N) is 1. The number of urea groups is 1. The standard InChI is InChI=1S/C13H24N2O3/c1-9(2)11(8-12(16)17)14-13(18)15-6-4-10(3)5-7-15/h9-11H,4-8H2,1-3H3,(H,14,18)(H,16,17). The van der Waals surface area contributed by atoms with E-state index in [1.54, 1.807) is 4.90 Å². The van der Waals surface area contributed by atoms with E-state index in [9.17, 15) is 9.59 Å². The Morgan fingerprint density at radius 1 is 1.33 bits per heavy atom. The van der Waals surface area contributed by atoms with Crippen LogP contribution in [0.2, 0.25) is 0 Å². The fourth-order valence-corrected chi connectivity index (χ4v) is 2.10. The summed E-state index contributed by atoms with van der Waals surface area (Å²) in [6, 6.07) is -0.420. The second kappa shape index (κ2) is 6.61. The quantitative estimate of drug-likeness (QED) is 0.807. The molecule has 2 amide bonds. The maximum absolute atomic E-state index is 12.0. The minimum Gasteiger partial charge on any atom is -0.481 e. The van der Waals surface area contributed by atoms with E-state index in [1.165, 1.54) is 0 Å². The molecule has 0 saturated carbocycles. The number of aliphatic carboxylic acids is 1. The molecule has 5 nitrogen and oxygen atoms in total. The SMILES string of the molecule is CC1CCN(C(=O)NC(CC(=O)O)C(C)C)CC1. The van der Waals surface area contributed by atoms with Gasteiger partial charge in [0.05, 0.1) is 6.42 Å². The van der Waals surface area contributed by atoms with E-state index in [2.05, 4.69) is 12.2 Å². The van der Waals surface area contributed by atoms with Crippen LogP contribution in [0.5, 0.6) is 0 Å². The number of piperidine rings is 1. The van der Waals surface area contributed by atoms with Crippen LogP contribution >= 0.6 is 0 Å². The molecule has 1 unspecified atom stereocenters. The van der Waals surface area contributed by atoms with Gasteiger partial charge >= 0.3 is 12.0 Å². The summed E-state index contributed by atoms with van der Waals surface area (Å²) in [5, 5.41) is 11.7. The molecule has 0 spiro atoms. The Bertz CT molecular complexity index is 297. The minimum absolute atomic E-state index is 0.0202. The molecule has 0 bridgehead atoms. The number of likely N-dealkylation sites (tertiary alicyclic amines) is 1. The molecule has 0 radical (unpaired) electrons. The van der Waals surface area contributed by atoms with E-state index in [0.717, 1.165) is 25.9 Å². The van der Waals surface area contributed by atoms with Crippen molar-refractivity contribution >= 4 is 12.0 Å². The summed E-state index contributed by atoms with van der Waals surface area (Å²) in [4.78, 5) is 24.6. The number of carboxylic acid groups (broad SMARTS) is 1. The van der Waals surface area contributed by atoms with E-state index >= 15 is 0 Å². The molecule has 1 fully saturated rings. The van der Waals surface area contributed by atoms with Crippen LogP contribution in [-0.4, -0.2) is 41.1 Å². The van der Waals surface area contributed by atoms with E-state index in [1.807, 2.05) is 13.8 Å². The molecule has 1 heterocycles. The summed E-state index contributed by atoms with van der Waals surface area (Å²) < 4.78 is 0. The number of carbonyl (C=O) groups excluding carboxylic acids is 1. The first kappa shape index (κ1) is 14.8. The molecule has 1 aliphatic heterocycles. The Balaban J connectivity index is 2.48. The first-order chi connectivity index (χ1) is 8.40. The van der Waals surface area contributed by atoms with E-state index < -0.39 is 5.97 Å². The van der Waals surface area contributed by atoms with Crippen LogP contribution in [0, 0.1) is 11.8 Å². The second-order valence-corrected chi connectivity index (χ2v) is 5.57. The van der Waals surface area contributed by atoms with Gasteiger partial charge in [0, 0.05) is 19.1 Å². The predicted molar refractivity (Wildman–Crippen MR) is 69.4 cm³/mol. The van der Waals surface area contributed by atoms with Gasteiger partial charge in [-0.25, -0.2) is 4.79 Å². The molecule has 1 rings (SSSR count). The van der Waals surface area contributed by atoms with Crippen LogP contribution in [0.4, 0.5) is 4.79 Å². The number of amides is 2. The first-order valence-electron chi connectivity index (χ1n) is 6.67. The van der Waals surface area contributed by atoms with Crippen LogP contribution in [0.3, 0.4) is 0 Å². The van der Waals surface area contributed by atoms with Crippen molar-refractivity contribution in [1.29, 1.82) is 0 Å². The third kappa shape index (κ3) is 4.55. The average molecular weight is 256 g/mol. The number of hydrogen-bond acceptors (Lipinski definition) is 2. The summed E-state index contributed by atoms with van der Waals surface area (Å²) in [5.74, 6) is -0.0796. The van der Waals surface area contributed by atoms with Gasteiger partial charge in [-0.3, -0.25) is 4.79 Å². The molecule has 5 heteroatoms. The largest absolute Gasteiger partial charge is 0.481 e. The molecule has 0 aromatic heterocycles. The number of nitrogens with zero attached hydrogens (tertiary/aromatic N) is 1. The van der Waals surface area contributed by atoms with Gasteiger partial charge in [0.2, 0.25) is 0 Å². The fourth-order valence-electron chi connectivity index (χ4n) is 2.10. The zero-order valence-electron chi connectivity index (χ0n) is 11.5.